The van der Waals surface area contributed by atoms with Gasteiger partial charge in [-0.3, -0.25) is 0 Å². The molecule has 1 aromatic rings. The predicted molar refractivity (Wildman–Crippen MR) is 86.5 cm³/mol. The van der Waals surface area contributed by atoms with Crippen LogP contribution < -0.4 is 0 Å². The van der Waals surface area contributed by atoms with Crippen molar-refractivity contribution < 1.29 is 0 Å². The quantitative estimate of drug-likeness (QED) is 0.777. The van der Waals surface area contributed by atoms with Crippen LogP contribution >= 0.6 is 40.1 Å². The number of halogens is 1. The number of nitrogens with zero attached hydrogens (tertiary/aromatic N) is 3. The summed E-state index contributed by atoms with van der Waals surface area (Å²) in [6.07, 6.45) is 3.94. The minimum Gasteiger partial charge on any atom is -0.350 e. The van der Waals surface area contributed by atoms with Gasteiger partial charge in [0.1, 0.15) is 0 Å². The van der Waals surface area contributed by atoms with Gasteiger partial charge in [-0.05, 0) is 36.1 Å². The van der Waals surface area contributed by atoms with E-state index in [1.807, 2.05) is 11.8 Å². The highest BCUT2D eigenvalue weighted by Crippen LogP contribution is 2.21. The first-order valence-corrected chi connectivity index (χ1v) is 7.91. The molecule has 0 bridgehead atoms. The molecule has 1 fully saturated rings. The number of thioether (sulfide) groups is 1. The van der Waals surface area contributed by atoms with Crippen molar-refractivity contribution in [3.05, 3.63) is 22.4 Å². The molecule has 6 heteroatoms. The molecule has 0 aromatic carbocycles. The normalized spacial score (nSPS) is 19.9. The third kappa shape index (κ3) is 3.16. The maximum absolute atomic E-state index is 4.39. The summed E-state index contributed by atoms with van der Waals surface area (Å²) in [5, 5.41) is 14.1. The van der Waals surface area contributed by atoms with Crippen LogP contribution in [0, 0.1) is 0 Å². The van der Waals surface area contributed by atoms with E-state index in [0.717, 1.165) is 29.7 Å². The average molecular weight is 346 g/mol. The molecular formula is C12H16BrN3S2. The van der Waals surface area contributed by atoms with Gasteiger partial charge in [-0.1, -0.05) is 11.8 Å². The van der Waals surface area contributed by atoms with Crippen molar-refractivity contribution in [1.82, 2.24) is 4.90 Å². The standard InChI is InChI=1S/C12H15N3S2.BrH/c1-2-5-15(6-3-1)12-14-13-11(9-17-12)10-4-7-16-8-10;/h4,7-8H,1-3,5-6,9H2;1H. The van der Waals surface area contributed by atoms with E-state index in [9.17, 15) is 0 Å². The van der Waals surface area contributed by atoms with Crippen molar-refractivity contribution in [1.29, 1.82) is 0 Å². The minimum absolute atomic E-state index is 0. The summed E-state index contributed by atoms with van der Waals surface area (Å²) in [6, 6.07) is 2.12. The largest absolute Gasteiger partial charge is 0.350 e. The van der Waals surface area contributed by atoms with E-state index in [1.165, 1.54) is 24.8 Å². The zero-order chi connectivity index (χ0) is 11.5. The van der Waals surface area contributed by atoms with Crippen LogP contribution in [0.2, 0.25) is 0 Å². The molecule has 3 heterocycles. The summed E-state index contributed by atoms with van der Waals surface area (Å²) >= 11 is 3.54. The molecule has 1 aromatic heterocycles. The van der Waals surface area contributed by atoms with E-state index in [-0.39, 0.29) is 17.0 Å². The number of likely N-dealkylation sites (tertiary alicyclic amines) is 1. The van der Waals surface area contributed by atoms with Crippen LogP contribution in [0.5, 0.6) is 0 Å². The summed E-state index contributed by atoms with van der Waals surface area (Å²) in [4.78, 5) is 2.38. The van der Waals surface area contributed by atoms with E-state index >= 15 is 0 Å². The Balaban J connectivity index is 0.00000120. The molecular weight excluding hydrogens is 330 g/mol. The molecule has 0 N–H and O–H groups in total. The van der Waals surface area contributed by atoms with E-state index in [4.69, 9.17) is 0 Å². The summed E-state index contributed by atoms with van der Waals surface area (Å²) in [5.74, 6) is 0.950. The summed E-state index contributed by atoms with van der Waals surface area (Å²) in [6.45, 7) is 2.30. The van der Waals surface area contributed by atoms with E-state index in [2.05, 4.69) is 31.9 Å². The van der Waals surface area contributed by atoms with Crippen LogP contribution in [0.3, 0.4) is 0 Å². The Morgan fingerprint density at radius 2 is 1.94 bits per heavy atom. The molecule has 0 radical (unpaired) electrons. The smallest absolute Gasteiger partial charge is 0.186 e. The van der Waals surface area contributed by atoms with Crippen molar-refractivity contribution in [2.45, 2.75) is 19.3 Å². The highest BCUT2D eigenvalue weighted by Gasteiger charge is 2.19. The van der Waals surface area contributed by atoms with Crippen molar-refractivity contribution in [3.8, 4) is 0 Å². The molecule has 0 atom stereocenters. The SMILES string of the molecule is Br.c1cc(C2=NN=C(N3CCCCC3)SC2)cs1. The molecule has 3 nitrogen and oxygen atoms in total. The van der Waals surface area contributed by atoms with Crippen molar-refractivity contribution in [2.75, 3.05) is 18.8 Å². The lowest BCUT2D eigenvalue weighted by atomic mass is 10.1. The molecule has 0 spiro atoms. The third-order valence-corrected chi connectivity index (χ3v) is 4.77. The number of hydrogen-bond acceptors (Lipinski definition) is 5. The first kappa shape index (κ1) is 14.1. The van der Waals surface area contributed by atoms with Gasteiger partial charge >= 0.3 is 0 Å². The van der Waals surface area contributed by atoms with Gasteiger partial charge < -0.3 is 4.90 Å². The topological polar surface area (TPSA) is 28.0 Å². The predicted octanol–water partition coefficient (Wildman–Crippen LogP) is 3.62. The number of hydrogen-bond donors (Lipinski definition) is 0. The summed E-state index contributed by atoms with van der Waals surface area (Å²) < 4.78 is 0. The number of thiophene rings is 1. The maximum atomic E-state index is 4.39. The fraction of sp³-hybridized carbons (Fsp3) is 0.500. The number of rotatable bonds is 1. The summed E-state index contributed by atoms with van der Waals surface area (Å²) in [7, 11) is 0. The van der Waals surface area contributed by atoms with Gasteiger partial charge in [0.05, 0.1) is 5.71 Å². The Morgan fingerprint density at radius 3 is 2.56 bits per heavy atom. The van der Waals surface area contributed by atoms with Crippen LogP contribution in [-0.4, -0.2) is 34.6 Å². The Labute approximate surface area is 126 Å². The van der Waals surface area contributed by atoms with Crippen LogP contribution in [0.1, 0.15) is 24.8 Å². The molecule has 1 saturated heterocycles. The molecule has 18 heavy (non-hydrogen) atoms. The van der Waals surface area contributed by atoms with Gasteiger partial charge in [-0.15, -0.1) is 22.1 Å². The average Bonchev–Trinajstić information content (AvgIpc) is 2.94. The second-order valence-electron chi connectivity index (χ2n) is 4.28. The van der Waals surface area contributed by atoms with E-state index < -0.39 is 0 Å². The molecule has 0 aliphatic carbocycles. The Hall–Kier alpha value is -0.330. The maximum Gasteiger partial charge on any atom is 0.186 e. The van der Waals surface area contributed by atoms with Crippen LogP contribution in [0.4, 0.5) is 0 Å². The Kier molecular flexibility index (Phi) is 5.26. The van der Waals surface area contributed by atoms with Gasteiger partial charge in [0, 0.05) is 24.4 Å². The summed E-state index contributed by atoms with van der Waals surface area (Å²) in [5.41, 5.74) is 2.33. The van der Waals surface area contributed by atoms with Gasteiger partial charge in [0.2, 0.25) is 0 Å². The first-order chi connectivity index (χ1) is 8.43. The van der Waals surface area contributed by atoms with Crippen molar-refractivity contribution in [2.24, 2.45) is 10.2 Å². The highest BCUT2D eigenvalue weighted by molar-refractivity contribution is 8.93. The van der Waals surface area contributed by atoms with Gasteiger partial charge in [0.15, 0.2) is 5.17 Å². The van der Waals surface area contributed by atoms with Crippen LogP contribution in [0.25, 0.3) is 0 Å². The second-order valence-corrected chi connectivity index (χ2v) is 6.00. The first-order valence-electron chi connectivity index (χ1n) is 5.98. The number of piperidine rings is 1. The molecule has 2 aliphatic heterocycles. The van der Waals surface area contributed by atoms with Crippen molar-refractivity contribution >= 4 is 51.0 Å². The zero-order valence-electron chi connectivity index (χ0n) is 10.0. The van der Waals surface area contributed by atoms with Crippen LogP contribution in [0.15, 0.2) is 27.0 Å². The van der Waals surface area contributed by atoms with Gasteiger partial charge in [-0.2, -0.15) is 16.4 Å². The Morgan fingerprint density at radius 1 is 1.11 bits per heavy atom. The van der Waals surface area contributed by atoms with Crippen molar-refractivity contribution in [3.63, 3.8) is 0 Å². The third-order valence-electron chi connectivity index (χ3n) is 3.08. The Bertz CT molecular complexity index is 436. The van der Waals surface area contributed by atoms with Crippen LogP contribution in [-0.2, 0) is 0 Å². The fourth-order valence-corrected chi connectivity index (χ4v) is 3.72. The molecule has 2 aliphatic rings. The lowest BCUT2D eigenvalue weighted by molar-refractivity contribution is 0.347. The fourth-order valence-electron chi connectivity index (χ4n) is 2.10. The lowest BCUT2D eigenvalue weighted by Crippen LogP contribution is -2.35. The number of amidine groups is 1. The molecule has 0 unspecified atom stereocenters. The molecule has 3 rings (SSSR count). The van der Waals surface area contributed by atoms with E-state index in [0.29, 0.717) is 0 Å². The van der Waals surface area contributed by atoms with Gasteiger partial charge in [-0.25, -0.2) is 0 Å². The highest BCUT2D eigenvalue weighted by atomic mass is 79.9. The monoisotopic (exact) mass is 345 g/mol. The molecule has 0 saturated carbocycles. The lowest BCUT2D eigenvalue weighted by Gasteiger charge is -2.29. The van der Waals surface area contributed by atoms with Gasteiger partial charge in [0.25, 0.3) is 0 Å². The molecule has 98 valence electrons. The zero-order valence-corrected chi connectivity index (χ0v) is 13.4. The van der Waals surface area contributed by atoms with E-state index in [1.54, 1.807) is 11.3 Å². The minimum atomic E-state index is 0. The second kappa shape index (κ2) is 6.73. The molecule has 0 amide bonds.